The molecule has 1 atom stereocenters. The Morgan fingerprint density at radius 1 is 1.41 bits per heavy atom. The Hall–Kier alpha value is -2.61. The molecule has 0 saturated carbocycles. The topological polar surface area (TPSA) is 110 Å². The zero-order chi connectivity index (χ0) is 20.6. The van der Waals surface area contributed by atoms with E-state index in [9.17, 15) is 4.79 Å². The smallest absolute Gasteiger partial charge is 0.228 e. The number of aliphatic imine (C=N–C) groups is 1. The molecule has 2 heterocycles. The maximum absolute atomic E-state index is 11.2. The molecule has 3 rings (SSSR count). The van der Waals surface area contributed by atoms with E-state index in [1.807, 2.05) is 19.1 Å². The summed E-state index contributed by atoms with van der Waals surface area (Å²) in [5.41, 5.74) is 6.22. The quantitative estimate of drug-likeness (QED) is 0.528. The number of nitrogens with one attached hydrogen (secondary N) is 1. The fourth-order valence-corrected chi connectivity index (χ4v) is 3.59. The summed E-state index contributed by atoms with van der Waals surface area (Å²) in [7, 11) is 0. The van der Waals surface area contributed by atoms with Gasteiger partial charge in [0.25, 0.3) is 0 Å². The number of aromatic nitrogens is 2. The van der Waals surface area contributed by atoms with Gasteiger partial charge in [-0.25, -0.2) is 0 Å². The number of hydrogen-bond donors (Lipinski definition) is 2. The van der Waals surface area contributed by atoms with Crippen LogP contribution >= 0.6 is 11.6 Å². The fraction of sp³-hybridized carbons (Fsp3) is 0.500. The number of hydrogen-bond acceptors (Lipinski definition) is 5. The third-order valence-corrected chi connectivity index (χ3v) is 5.05. The van der Waals surface area contributed by atoms with E-state index in [4.69, 9.17) is 26.9 Å². The number of carbonyl (C=O) groups is 1. The molecule has 1 aromatic heterocycles. The number of rotatable bonds is 7. The number of carbonyl (C=O) groups excluding carboxylic acids is 1. The van der Waals surface area contributed by atoms with Crippen LogP contribution in [0.1, 0.15) is 32.1 Å². The van der Waals surface area contributed by atoms with Gasteiger partial charge in [0.1, 0.15) is 0 Å². The highest BCUT2D eigenvalue weighted by Crippen LogP contribution is 2.20. The zero-order valence-corrected chi connectivity index (χ0v) is 17.4. The van der Waals surface area contributed by atoms with Crippen molar-refractivity contribution >= 4 is 23.5 Å². The van der Waals surface area contributed by atoms with Gasteiger partial charge in [-0.3, -0.25) is 9.79 Å². The average Bonchev–Trinajstić information content (AvgIpc) is 3.16. The van der Waals surface area contributed by atoms with Crippen LogP contribution in [0.25, 0.3) is 11.4 Å². The molecule has 29 heavy (non-hydrogen) atoms. The van der Waals surface area contributed by atoms with Gasteiger partial charge in [-0.1, -0.05) is 16.8 Å². The second-order valence-electron chi connectivity index (χ2n) is 7.13. The Labute approximate surface area is 175 Å². The first-order valence-corrected chi connectivity index (χ1v) is 10.3. The monoisotopic (exact) mass is 418 g/mol. The molecule has 1 amide bonds. The molecule has 0 spiro atoms. The first-order chi connectivity index (χ1) is 14.0. The maximum Gasteiger partial charge on any atom is 0.228 e. The van der Waals surface area contributed by atoms with Crippen molar-refractivity contribution < 1.29 is 9.32 Å². The van der Waals surface area contributed by atoms with E-state index in [0.717, 1.165) is 44.0 Å². The normalized spacial score (nSPS) is 17.4. The number of amides is 1. The van der Waals surface area contributed by atoms with Gasteiger partial charge in [0, 0.05) is 43.1 Å². The van der Waals surface area contributed by atoms with Crippen LogP contribution in [0.5, 0.6) is 0 Å². The van der Waals surface area contributed by atoms with E-state index in [1.165, 1.54) is 0 Å². The van der Waals surface area contributed by atoms with Gasteiger partial charge >= 0.3 is 0 Å². The van der Waals surface area contributed by atoms with E-state index < -0.39 is 0 Å². The van der Waals surface area contributed by atoms with Gasteiger partial charge in [-0.15, -0.1) is 0 Å². The van der Waals surface area contributed by atoms with Crippen molar-refractivity contribution in [2.24, 2.45) is 16.6 Å². The predicted octanol–water partition coefficient (Wildman–Crippen LogP) is 2.49. The maximum atomic E-state index is 11.2. The molecule has 2 aromatic rings. The van der Waals surface area contributed by atoms with Crippen LogP contribution in [0.3, 0.4) is 0 Å². The van der Waals surface area contributed by atoms with Crippen molar-refractivity contribution in [2.75, 3.05) is 26.2 Å². The van der Waals surface area contributed by atoms with Gasteiger partial charge in [0.2, 0.25) is 17.6 Å². The SMILES string of the molecule is CCNC(=NCCc1nc(-c2ccc(Cl)cc2)no1)N1CCCC(CC(N)=O)C1. The number of halogens is 1. The molecule has 8 nitrogen and oxygen atoms in total. The van der Waals surface area contributed by atoms with E-state index in [2.05, 4.69) is 20.4 Å². The molecule has 1 fully saturated rings. The summed E-state index contributed by atoms with van der Waals surface area (Å²) in [4.78, 5) is 22.6. The van der Waals surface area contributed by atoms with Gasteiger partial charge in [0.05, 0.1) is 6.54 Å². The summed E-state index contributed by atoms with van der Waals surface area (Å²) in [5.74, 6) is 1.96. The number of guanidine groups is 1. The zero-order valence-electron chi connectivity index (χ0n) is 16.6. The number of nitrogens with two attached hydrogens (primary N) is 1. The summed E-state index contributed by atoms with van der Waals surface area (Å²) in [5, 5.41) is 8.02. The summed E-state index contributed by atoms with van der Waals surface area (Å²) >= 11 is 5.91. The van der Waals surface area contributed by atoms with E-state index in [-0.39, 0.29) is 11.8 Å². The number of benzene rings is 1. The van der Waals surface area contributed by atoms with Crippen molar-refractivity contribution in [3.8, 4) is 11.4 Å². The molecule has 9 heteroatoms. The number of primary amides is 1. The molecule has 156 valence electrons. The highest BCUT2D eigenvalue weighted by atomic mass is 35.5. The highest BCUT2D eigenvalue weighted by Gasteiger charge is 2.23. The minimum Gasteiger partial charge on any atom is -0.370 e. The molecule has 1 aromatic carbocycles. The van der Waals surface area contributed by atoms with Crippen LogP contribution in [0, 0.1) is 5.92 Å². The number of nitrogens with zero attached hydrogens (tertiary/aromatic N) is 4. The van der Waals surface area contributed by atoms with E-state index >= 15 is 0 Å². The third-order valence-electron chi connectivity index (χ3n) is 4.80. The summed E-state index contributed by atoms with van der Waals surface area (Å²) < 4.78 is 5.35. The van der Waals surface area contributed by atoms with Crippen LogP contribution in [0.15, 0.2) is 33.8 Å². The second-order valence-corrected chi connectivity index (χ2v) is 7.57. The van der Waals surface area contributed by atoms with Gasteiger partial charge in [0.15, 0.2) is 5.96 Å². The molecule has 1 aliphatic heterocycles. The molecule has 1 unspecified atom stereocenters. The predicted molar refractivity (Wildman–Crippen MR) is 113 cm³/mol. The molecule has 0 bridgehead atoms. The lowest BCUT2D eigenvalue weighted by Crippen LogP contribution is -2.47. The lowest BCUT2D eigenvalue weighted by Gasteiger charge is -2.34. The molecule has 0 radical (unpaired) electrons. The van der Waals surface area contributed by atoms with Gasteiger partial charge < -0.3 is 20.5 Å². The van der Waals surface area contributed by atoms with Crippen LogP contribution in [0.2, 0.25) is 5.02 Å². The van der Waals surface area contributed by atoms with Crippen LogP contribution in [0.4, 0.5) is 0 Å². The van der Waals surface area contributed by atoms with Gasteiger partial charge in [-0.2, -0.15) is 4.98 Å². The van der Waals surface area contributed by atoms with Crippen molar-refractivity contribution in [1.82, 2.24) is 20.4 Å². The third kappa shape index (κ3) is 6.19. The second kappa shape index (κ2) is 10.2. The molecular formula is C20H27ClN6O2. The summed E-state index contributed by atoms with van der Waals surface area (Å²) in [6.07, 6.45) is 3.02. The molecule has 3 N–H and O–H groups in total. The van der Waals surface area contributed by atoms with Crippen LogP contribution in [-0.2, 0) is 11.2 Å². The van der Waals surface area contributed by atoms with E-state index in [1.54, 1.807) is 12.1 Å². The van der Waals surface area contributed by atoms with E-state index in [0.29, 0.717) is 36.1 Å². The van der Waals surface area contributed by atoms with Crippen molar-refractivity contribution in [2.45, 2.75) is 32.6 Å². The van der Waals surface area contributed by atoms with Crippen molar-refractivity contribution in [3.63, 3.8) is 0 Å². The first kappa shape index (κ1) is 21.1. The Bertz CT molecular complexity index is 836. The van der Waals surface area contributed by atoms with Gasteiger partial charge in [-0.05, 0) is 49.9 Å². The lowest BCUT2D eigenvalue weighted by atomic mass is 9.95. The minimum atomic E-state index is -0.244. The summed E-state index contributed by atoms with van der Waals surface area (Å²) in [6, 6.07) is 7.31. The molecule has 1 aliphatic rings. The Morgan fingerprint density at radius 2 is 2.21 bits per heavy atom. The van der Waals surface area contributed by atoms with Crippen molar-refractivity contribution in [1.29, 1.82) is 0 Å². The van der Waals surface area contributed by atoms with Crippen LogP contribution < -0.4 is 11.1 Å². The largest absolute Gasteiger partial charge is 0.370 e. The number of piperidine rings is 1. The Balaban J connectivity index is 1.59. The first-order valence-electron chi connectivity index (χ1n) is 9.95. The lowest BCUT2D eigenvalue weighted by molar-refractivity contribution is -0.119. The van der Waals surface area contributed by atoms with Crippen LogP contribution in [-0.4, -0.2) is 53.1 Å². The van der Waals surface area contributed by atoms with Crippen molar-refractivity contribution in [3.05, 3.63) is 35.2 Å². The minimum absolute atomic E-state index is 0.244. The Kier molecular flexibility index (Phi) is 7.46. The molecule has 0 aliphatic carbocycles. The molecular weight excluding hydrogens is 392 g/mol. The Morgan fingerprint density at radius 3 is 2.93 bits per heavy atom. The standard InChI is InChI=1S/C20H27ClN6O2/c1-2-23-20(27-11-3-4-14(13-27)12-17(22)28)24-10-9-18-25-19(26-29-18)15-5-7-16(21)8-6-15/h5-8,14H,2-4,9-13H2,1H3,(H2,22,28)(H,23,24). The fourth-order valence-electron chi connectivity index (χ4n) is 3.46. The highest BCUT2D eigenvalue weighted by molar-refractivity contribution is 6.30. The number of likely N-dealkylation sites (tertiary alicyclic amines) is 1. The summed E-state index contributed by atoms with van der Waals surface area (Å²) in [6.45, 7) is 5.05. The average molecular weight is 419 g/mol. The molecule has 1 saturated heterocycles.